The van der Waals surface area contributed by atoms with Crippen molar-refractivity contribution in [2.45, 2.75) is 32.5 Å². The van der Waals surface area contributed by atoms with Crippen LogP contribution in [-0.4, -0.2) is 17.3 Å². The molecule has 8 heteroatoms. The summed E-state index contributed by atoms with van der Waals surface area (Å²) in [7, 11) is 0. The summed E-state index contributed by atoms with van der Waals surface area (Å²) in [4.78, 5) is 27.3. The van der Waals surface area contributed by atoms with Crippen LogP contribution < -0.4 is 15.6 Å². The van der Waals surface area contributed by atoms with E-state index in [9.17, 15) is 22.8 Å². The van der Waals surface area contributed by atoms with Crippen molar-refractivity contribution in [3.63, 3.8) is 0 Å². The molecule has 5 nitrogen and oxygen atoms in total. The first kappa shape index (κ1) is 18.0. The predicted molar refractivity (Wildman–Crippen MR) is 89.3 cm³/mol. The normalized spacial score (nSPS) is 16.7. The fourth-order valence-electron chi connectivity index (χ4n) is 2.99. The van der Waals surface area contributed by atoms with Crippen LogP contribution in [0.15, 0.2) is 35.1 Å². The van der Waals surface area contributed by atoms with E-state index in [-0.39, 0.29) is 11.3 Å². The molecule has 0 spiro atoms. The van der Waals surface area contributed by atoms with Crippen molar-refractivity contribution >= 4 is 11.6 Å². The molecule has 0 bridgehead atoms. The predicted octanol–water partition coefficient (Wildman–Crippen LogP) is 3.65. The highest BCUT2D eigenvalue weighted by Gasteiger charge is 2.31. The molecule has 1 heterocycles. The van der Waals surface area contributed by atoms with Gasteiger partial charge >= 0.3 is 6.36 Å². The number of hydrogen-bond acceptors (Lipinski definition) is 3. The minimum absolute atomic E-state index is 0.0199. The van der Waals surface area contributed by atoms with Crippen LogP contribution in [0.2, 0.25) is 0 Å². The lowest BCUT2D eigenvalue weighted by Crippen LogP contribution is -2.27. The zero-order chi connectivity index (χ0) is 18.9. The van der Waals surface area contributed by atoms with Gasteiger partial charge in [0.15, 0.2) is 0 Å². The standard InChI is InChI=1S/C18H17F3N2O3/c1-10-2-7-15-11(8-10)9-14(17(25)23-15)16(24)22-12-3-5-13(6-4-12)26-18(19,20)21/h3-6,9-10H,2,7-8H2,1H3,(H,22,24)(H,23,25). The largest absolute Gasteiger partial charge is 0.573 e. The van der Waals surface area contributed by atoms with Crippen molar-refractivity contribution in [1.29, 1.82) is 0 Å². The Kier molecular flexibility index (Phi) is 4.76. The molecule has 0 aliphatic heterocycles. The maximum atomic E-state index is 12.4. The second-order valence-corrected chi connectivity index (χ2v) is 6.39. The molecule has 0 radical (unpaired) electrons. The van der Waals surface area contributed by atoms with Crippen LogP contribution in [0.5, 0.6) is 5.75 Å². The number of aromatic amines is 1. The minimum atomic E-state index is -4.78. The van der Waals surface area contributed by atoms with Gasteiger partial charge in [0.25, 0.3) is 11.5 Å². The van der Waals surface area contributed by atoms with E-state index in [1.54, 1.807) is 6.07 Å². The van der Waals surface area contributed by atoms with E-state index in [0.29, 0.717) is 5.92 Å². The zero-order valence-electron chi connectivity index (χ0n) is 13.9. The third-order valence-corrected chi connectivity index (χ3v) is 4.26. The van der Waals surface area contributed by atoms with Crippen molar-refractivity contribution in [3.05, 3.63) is 57.5 Å². The molecule has 1 atom stereocenters. The monoisotopic (exact) mass is 366 g/mol. The molecule has 138 valence electrons. The number of nitrogens with one attached hydrogen (secondary N) is 2. The number of hydrogen-bond donors (Lipinski definition) is 2. The smallest absolute Gasteiger partial charge is 0.406 e. The van der Waals surface area contributed by atoms with Gasteiger partial charge in [0.2, 0.25) is 0 Å². The lowest BCUT2D eigenvalue weighted by atomic mass is 9.87. The molecule has 26 heavy (non-hydrogen) atoms. The Bertz CT molecular complexity index is 873. The summed E-state index contributed by atoms with van der Waals surface area (Å²) in [5, 5.41) is 2.51. The van der Waals surface area contributed by atoms with E-state index in [4.69, 9.17) is 0 Å². The van der Waals surface area contributed by atoms with Gasteiger partial charge < -0.3 is 15.0 Å². The SMILES string of the molecule is CC1CCc2[nH]c(=O)c(C(=O)Nc3ccc(OC(F)(F)F)cc3)cc2C1. The van der Waals surface area contributed by atoms with Crippen LogP contribution in [0.3, 0.4) is 0 Å². The number of H-pyrrole nitrogens is 1. The fourth-order valence-corrected chi connectivity index (χ4v) is 2.99. The number of aromatic nitrogens is 1. The number of benzene rings is 1. The van der Waals surface area contributed by atoms with E-state index < -0.39 is 23.6 Å². The molecule has 2 N–H and O–H groups in total. The number of carbonyl (C=O) groups is 1. The molecule has 0 saturated heterocycles. The Morgan fingerprint density at radius 2 is 1.96 bits per heavy atom. The molecule has 2 aromatic rings. The Morgan fingerprint density at radius 3 is 2.62 bits per heavy atom. The van der Waals surface area contributed by atoms with Crippen LogP contribution in [0.4, 0.5) is 18.9 Å². The van der Waals surface area contributed by atoms with Crippen molar-refractivity contribution < 1.29 is 22.7 Å². The summed E-state index contributed by atoms with van der Waals surface area (Å²) in [6.45, 7) is 2.11. The van der Waals surface area contributed by atoms with Crippen LogP contribution >= 0.6 is 0 Å². The van der Waals surface area contributed by atoms with Crippen LogP contribution in [0.1, 0.15) is 35.0 Å². The molecule has 0 saturated carbocycles. The highest BCUT2D eigenvalue weighted by molar-refractivity contribution is 6.04. The number of alkyl halides is 3. The van der Waals surface area contributed by atoms with Gasteiger partial charge in [0.1, 0.15) is 11.3 Å². The van der Waals surface area contributed by atoms with Crippen LogP contribution in [0, 0.1) is 5.92 Å². The van der Waals surface area contributed by atoms with Crippen LogP contribution in [0.25, 0.3) is 0 Å². The molecule has 3 rings (SSSR count). The summed E-state index contributed by atoms with van der Waals surface area (Å²) in [5.41, 5.74) is 1.57. The van der Waals surface area contributed by atoms with Gasteiger partial charge in [-0.3, -0.25) is 9.59 Å². The van der Waals surface area contributed by atoms with Crippen molar-refractivity contribution in [2.75, 3.05) is 5.32 Å². The first-order chi connectivity index (χ1) is 12.2. The molecule has 1 amide bonds. The Labute approximate surface area is 147 Å². The maximum absolute atomic E-state index is 12.4. The van der Waals surface area contributed by atoms with Gasteiger partial charge in [0.05, 0.1) is 0 Å². The topological polar surface area (TPSA) is 71.2 Å². The van der Waals surface area contributed by atoms with Gasteiger partial charge in [-0.25, -0.2) is 0 Å². The molecule has 1 aliphatic carbocycles. The van der Waals surface area contributed by atoms with E-state index in [2.05, 4.69) is 22.0 Å². The number of ether oxygens (including phenoxy) is 1. The van der Waals surface area contributed by atoms with E-state index in [1.165, 1.54) is 12.1 Å². The van der Waals surface area contributed by atoms with Crippen LogP contribution in [-0.2, 0) is 12.8 Å². The molecule has 1 aromatic heterocycles. The van der Waals surface area contributed by atoms with E-state index >= 15 is 0 Å². The van der Waals surface area contributed by atoms with Gasteiger partial charge in [-0.2, -0.15) is 0 Å². The minimum Gasteiger partial charge on any atom is -0.406 e. The lowest BCUT2D eigenvalue weighted by molar-refractivity contribution is -0.274. The maximum Gasteiger partial charge on any atom is 0.573 e. The molecular weight excluding hydrogens is 349 g/mol. The third kappa shape index (κ3) is 4.25. The molecule has 0 fully saturated rings. The first-order valence-electron chi connectivity index (χ1n) is 8.13. The summed E-state index contributed by atoms with van der Waals surface area (Å²) in [5.74, 6) is -0.529. The Morgan fingerprint density at radius 1 is 1.27 bits per heavy atom. The molecular formula is C18H17F3N2O3. The highest BCUT2D eigenvalue weighted by atomic mass is 19.4. The number of amides is 1. The van der Waals surface area contributed by atoms with Gasteiger partial charge in [0, 0.05) is 11.4 Å². The molecule has 1 aliphatic rings. The quantitative estimate of drug-likeness (QED) is 0.871. The van der Waals surface area contributed by atoms with Gasteiger partial charge in [-0.1, -0.05) is 6.92 Å². The molecule has 1 unspecified atom stereocenters. The molecule has 1 aromatic carbocycles. The number of carbonyl (C=O) groups excluding carboxylic acids is 1. The number of anilines is 1. The second kappa shape index (κ2) is 6.86. The Hall–Kier alpha value is -2.77. The third-order valence-electron chi connectivity index (χ3n) is 4.26. The number of fused-ring (bicyclic) bond motifs is 1. The Balaban J connectivity index is 1.76. The van der Waals surface area contributed by atoms with Crippen molar-refractivity contribution in [1.82, 2.24) is 4.98 Å². The second-order valence-electron chi connectivity index (χ2n) is 6.39. The summed E-state index contributed by atoms with van der Waals surface area (Å²) in [6.07, 6.45) is -2.23. The summed E-state index contributed by atoms with van der Waals surface area (Å²) < 4.78 is 40.2. The zero-order valence-corrected chi connectivity index (χ0v) is 13.9. The highest BCUT2D eigenvalue weighted by Crippen LogP contribution is 2.25. The number of pyridine rings is 1. The average molecular weight is 366 g/mol. The van der Waals surface area contributed by atoms with E-state index in [0.717, 1.165) is 42.7 Å². The summed E-state index contributed by atoms with van der Waals surface area (Å²) in [6, 6.07) is 6.31. The van der Waals surface area contributed by atoms with Gasteiger partial charge in [-0.05, 0) is 61.1 Å². The average Bonchev–Trinajstić information content (AvgIpc) is 2.55. The lowest BCUT2D eigenvalue weighted by Gasteiger charge is -2.21. The van der Waals surface area contributed by atoms with Gasteiger partial charge in [-0.15, -0.1) is 13.2 Å². The number of aryl methyl sites for hydroxylation is 1. The fraction of sp³-hybridized carbons (Fsp3) is 0.333. The van der Waals surface area contributed by atoms with E-state index in [1.807, 2.05) is 0 Å². The first-order valence-corrected chi connectivity index (χ1v) is 8.13. The van der Waals surface area contributed by atoms with Crippen molar-refractivity contribution in [3.8, 4) is 5.75 Å². The number of rotatable bonds is 3. The number of halogens is 3. The van der Waals surface area contributed by atoms with Crippen molar-refractivity contribution in [2.24, 2.45) is 5.92 Å². The summed E-state index contributed by atoms with van der Waals surface area (Å²) >= 11 is 0.